The Morgan fingerprint density at radius 3 is 2.48 bits per heavy atom. The molecule has 1 aromatic carbocycles. The molecule has 6 nitrogen and oxygen atoms in total. The van der Waals surface area contributed by atoms with Gasteiger partial charge in [0.1, 0.15) is 6.04 Å². The van der Waals surface area contributed by atoms with E-state index in [0.29, 0.717) is 10.5 Å². The van der Waals surface area contributed by atoms with Crippen LogP contribution in [0.3, 0.4) is 0 Å². The van der Waals surface area contributed by atoms with Crippen LogP contribution in [-0.2, 0) is 9.59 Å². The number of benzene rings is 1. The van der Waals surface area contributed by atoms with Crippen LogP contribution in [-0.4, -0.2) is 27.8 Å². The van der Waals surface area contributed by atoms with Gasteiger partial charge in [0.2, 0.25) is 11.8 Å². The second-order valence-electron chi connectivity index (χ2n) is 5.25. The summed E-state index contributed by atoms with van der Waals surface area (Å²) in [5, 5.41) is 5.47. The number of carbonyl (C=O) groups is 2. The largest absolute Gasteiger partial charge is 0.344 e. The summed E-state index contributed by atoms with van der Waals surface area (Å²) in [4.78, 5) is 29.4. The van der Waals surface area contributed by atoms with Gasteiger partial charge >= 0.3 is 0 Å². The number of carbonyl (C=O) groups excluding carboxylic acids is 2. The highest BCUT2D eigenvalue weighted by Crippen LogP contribution is 2.17. The summed E-state index contributed by atoms with van der Waals surface area (Å²) in [6.07, 6.45) is 0. The molecule has 21 heavy (non-hydrogen) atoms. The molecule has 1 aromatic heterocycles. The Hall–Kier alpha value is -2.15. The van der Waals surface area contributed by atoms with Crippen LogP contribution in [0.1, 0.15) is 20.8 Å². The van der Waals surface area contributed by atoms with Gasteiger partial charge in [0.25, 0.3) is 0 Å². The molecule has 7 heteroatoms. The fourth-order valence-corrected chi connectivity index (χ4v) is 2.30. The van der Waals surface area contributed by atoms with Gasteiger partial charge in [-0.1, -0.05) is 13.8 Å². The van der Waals surface area contributed by atoms with Crippen molar-refractivity contribution in [3.63, 3.8) is 0 Å². The van der Waals surface area contributed by atoms with Gasteiger partial charge in [0, 0.05) is 12.6 Å². The SMILES string of the molecule is CC(=O)NC(C(=O)Nc1ccc2[nH]c(=S)[nH]c2c1)C(C)C. The molecule has 0 spiro atoms. The van der Waals surface area contributed by atoms with Crippen molar-refractivity contribution in [3.8, 4) is 0 Å². The molecule has 1 unspecified atom stereocenters. The van der Waals surface area contributed by atoms with Crippen molar-refractivity contribution in [1.82, 2.24) is 15.3 Å². The van der Waals surface area contributed by atoms with Crippen LogP contribution >= 0.6 is 12.2 Å². The highest BCUT2D eigenvalue weighted by molar-refractivity contribution is 7.71. The summed E-state index contributed by atoms with van der Waals surface area (Å²) in [5.41, 5.74) is 2.34. The van der Waals surface area contributed by atoms with Crippen LogP contribution < -0.4 is 10.6 Å². The van der Waals surface area contributed by atoms with Crippen LogP contribution in [0.25, 0.3) is 11.0 Å². The molecule has 0 bridgehead atoms. The fraction of sp³-hybridized carbons (Fsp3) is 0.357. The third kappa shape index (κ3) is 3.69. The average molecular weight is 306 g/mol. The third-order valence-electron chi connectivity index (χ3n) is 3.09. The molecular formula is C14H18N4O2S. The molecule has 0 aliphatic heterocycles. The van der Waals surface area contributed by atoms with Gasteiger partial charge in [-0.25, -0.2) is 0 Å². The molecule has 4 N–H and O–H groups in total. The van der Waals surface area contributed by atoms with Crippen molar-refractivity contribution in [1.29, 1.82) is 0 Å². The van der Waals surface area contributed by atoms with Crippen molar-refractivity contribution in [2.45, 2.75) is 26.8 Å². The summed E-state index contributed by atoms with van der Waals surface area (Å²) < 4.78 is 0.534. The number of imidazole rings is 1. The predicted molar refractivity (Wildman–Crippen MR) is 84.6 cm³/mol. The summed E-state index contributed by atoms with van der Waals surface area (Å²) in [7, 11) is 0. The van der Waals surface area contributed by atoms with Crippen LogP contribution in [0, 0.1) is 10.7 Å². The number of hydrogen-bond acceptors (Lipinski definition) is 3. The van der Waals surface area contributed by atoms with E-state index in [1.807, 2.05) is 19.9 Å². The summed E-state index contributed by atoms with van der Waals surface area (Å²) in [6.45, 7) is 5.16. The van der Waals surface area contributed by atoms with Crippen molar-refractivity contribution in [2.24, 2.45) is 5.92 Å². The van der Waals surface area contributed by atoms with Gasteiger partial charge in [-0.05, 0) is 36.3 Å². The minimum Gasteiger partial charge on any atom is -0.344 e. The van der Waals surface area contributed by atoms with E-state index in [1.54, 1.807) is 12.1 Å². The van der Waals surface area contributed by atoms with E-state index in [2.05, 4.69) is 20.6 Å². The van der Waals surface area contributed by atoms with Crippen LogP contribution in [0.4, 0.5) is 5.69 Å². The summed E-state index contributed by atoms with van der Waals surface area (Å²) in [6, 6.07) is 4.85. The van der Waals surface area contributed by atoms with Gasteiger partial charge in [0.15, 0.2) is 4.77 Å². The highest BCUT2D eigenvalue weighted by atomic mass is 32.1. The number of rotatable bonds is 4. The van der Waals surface area contributed by atoms with Crippen molar-refractivity contribution in [2.75, 3.05) is 5.32 Å². The molecule has 0 aliphatic carbocycles. The molecule has 1 heterocycles. The quantitative estimate of drug-likeness (QED) is 0.654. The first-order valence-corrected chi connectivity index (χ1v) is 7.07. The molecule has 0 aliphatic rings. The third-order valence-corrected chi connectivity index (χ3v) is 3.30. The molecule has 2 rings (SSSR count). The average Bonchev–Trinajstić information content (AvgIpc) is 2.74. The standard InChI is InChI=1S/C14H18N4O2S/c1-7(2)12(15-8(3)19)13(20)16-9-4-5-10-11(6-9)18-14(21)17-10/h4-7,12H,1-3H3,(H,15,19)(H,16,20)(H2,17,18,21). The lowest BCUT2D eigenvalue weighted by Gasteiger charge is -2.20. The Morgan fingerprint density at radius 1 is 1.19 bits per heavy atom. The highest BCUT2D eigenvalue weighted by Gasteiger charge is 2.23. The van der Waals surface area contributed by atoms with E-state index in [9.17, 15) is 9.59 Å². The van der Waals surface area contributed by atoms with Gasteiger partial charge in [-0.3, -0.25) is 9.59 Å². The summed E-state index contributed by atoms with van der Waals surface area (Å²) >= 11 is 5.02. The topological polar surface area (TPSA) is 89.8 Å². The zero-order chi connectivity index (χ0) is 15.6. The second kappa shape index (κ2) is 6.09. The van der Waals surface area contributed by atoms with Crippen LogP contribution in [0.5, 0.6) is 0 Å². The molecule has 0 radical (unpaired) electrons. The molecule has 0 fully saturated rings. The lowest BCUT2D eigenvalue weighted by Crippen LogP contribution is -2.46. The number of fused-ring (bicyclic) bond motifs is 1. The Bertz CT molecular complexity index is 732. The number of anilines is 1. The summed E-state index contributed by atoms with van der Waals surface area (Å²) in [5.74, 6) is -0.474. The molecule has 2 aromatic rings. The van der Waals surface area contributed by atoms with E-state index < -0.39 is 6.04 Å². The van der Waals surface area contributed by atoms with E-state index >= 15 is 0 Å². The van der Waals surface area contributed by atoms with Gasteiger partial charge in [-0.15, -0.1) is 0 Å². The molecular weight excluding hydrogens is 288 g/mol. The van der Waals surface area contributed by atoms with E-state index in [-0.39, 0.29) is 17.7 Å². The lowest BCUT2D eigenvalue weighted by atomic mass is 10.0. The predicted octanol–water partition coefficient (Wildman–Crippen LogP) is 2.32. The smallest absolute Gasteiger partial charge is 0.247 e. The molecule has 0 saturated heterocycles. The second-order valence-corrected chi connectivity index (χ2v) is 5.66. The first-order valence-electron chi connectivity index (χ1n) is 6.67. The normalized spacial score (nSPS) is 12.4. The lowest BCUT2D eigenvalue weighted by molar-refractivity contribution is -0.126. The number of hydrogen-bond donors (Lipinski definition) is 4. The Balaban J connectivity index is 2.19. The molecule has 2 amide bonds. The number of amides is 2. The first kappa shape index (κ1) is 15.2. The van der Waals surface area contributed by atoms with Crippen LogP contribution in [0.2, 0.25) is 0 Å². The molecule has 1 atom stereocenters. The number of nitrogens with one attached hydrogen (secondary N) is 4. The maximum atomic E-state index is 12.3. The van der Waals surface area contributed by atoms with E-state index in [0.717, 1.165) is 11.0 Å². The van der Waals surface area contributed by atoms with Gasteiger partial charge < -0.3 is 20.6 Å². The van der Waals surface area contributed by atoms with Gasteiger partial charge in [-0.2, -0.15) is 0 Å². The number of aromatic amines is 2. The van der Waals surface area contributed by atoms with Crippen LogP contribution in [0.15, 0.2) is 18.2 Å². The van der Waals surface area contributed by atoms with Crippen molar-refractivity contribution in [3.05, 3.63) is 23.0 Å². The molecule has 0 saturated carbocycles. The van der Waals surface area contributed by atoms with E-state index in [1.165, 1.54) is 6.92 Å². The molecule has 112 valence electrons. The maximum absolute atomic E-state index is 12.3. The minimum absolute atomic E-state index is 0.00398. The monoisotopic (exact) mass is 306 g/mol. The maximum Gasteiger partial charge on any atom is 0.247 e. The number of aromatic nitrogens is 2. The van der Waals surface area contributed by atoms with E-state index in [4.69, 9.17) is 12.2 Å². The first-order chi connectivity index (χ1) is 9.86. The zero-order valence-electron chi connectivity index (χ0n) is 12.1. The Morgan fingerprint density at radius 2 is 1.86 bits per heavy atom. The number of H-pyrrole nitrogens is 2. The van der Waals surface area contributed by atoms with Crippen molar-refractivity contribution < 1.29 is 9.59 Å². The zero-order valence-corrected chi connectivity index (χ0v) is 12.9. The van der Waals surface area contributed by atoms with Crippen molar-refractivity contribution >= 4 is 40.8 Å². The minimum atomic E-state index is -0.567. The Labute approximate surface area is 127 Å². The fourth-order valence-electron chi connectivity index (χ4n) is 2.08. The van der Waals surface area contributed by atoms with Gasteiger partial charge in [0.05, 0.1) is 11.0 Å². The Kier molecular flexibility index (Phi) is 4.42.